The highest BCUT2D eigenvalue weighted by Crippen LogP contribution is 2.27. The minimum Gasteiger partial charge on any atom is -0.352 e. The van der Waals surface area contributed by atoms with Crippen LogP contribution < -0.4 is 11.1 Å². The van der Waals surface area contributed by atoms with E-state index in [4.69, 9.17) is 17.3 Å². The second-order valence-electron chi connectivity index (χ2n) is 5.26. The standard InChI is InChI=1S/C15H21ClN2OS/c1-10(20-13-7-5-12(16)6-8-13)15(19)18-14-4-2-3-11(14)9-17/h5-8,10-11,14H,2-4,9,17H2,1H3,(H,18,19). The summed E-state index contributed by atoms with van der Waals surface area (Å²) in [4.78, 5) is 13.3. The van der Waals surface area contributed by atoms with Gasteiger partial charge in [-0.05, 0) is 56.5 Å². The Morgan fingerprint density at radius 3 is 2.80 bits per heavy atom. The quantitative estimate of drug-likeness (QED) is 0.822. The molecule has 1 aromatic carbocycles. The molecule has 0 saturated heterocycles. The first-order valence-corrected chi connectivity index (χ1v) is 8.28. The molecule has 3 N–H and O–H groups in total. The lowest BCUT2D eigenvalue weighted by Crippen LogP contribution is -2.43. The maximum Gasteiger partial charge on any atom is 0.233 e. The van der Waals surface area contributed by atoms with Crippen LogP contribution in [-0.4, -0.2) is 23.7 Å². The van der Waals surface area contributed by atoms with Crippen LogP contribution in [0.4, 0.5) is 0 Å². The van der Waals surface area contributed by atoms with Gasteiger partial charge in [-0.15, -0.1) is 11.8 Å². The van der Waals surface area contributed by atoms with Gasteiger partial charge < -0.3 is 11.1 Å². The van der Waals surface area contributed by atoms with E-state index in [-0.39, 0.29) is 17.2 Å². The summed E-state index contributed by atoms with van der Waals surface area (Å²) in [5.41, 5.74) is 5.74. The number of nitrogens with two attached hydrogens (primary N) is 1. The summed E-state index contributed by atoms with van der Waals surface area (Å²) in [6.45, 7) is 2.59. The van der Waals surface area contributed by atoms with Gasteiger partial charge in [0.15, 0.2) is 0 Å². The molecule has 3 atom stereocenters. The van der Waals surface area contributed by atoms with Crippen LogP contribution in [0.1, 0.15) is 26.2 Å². The predicted octanol–water partition coefficient (Wildman–Crippen LogP) is 3.06. The van der Waals surface area contributed by atoms with Crippen LogP contribution in [0.2, 0.25) is 5.02 Å². The third-order valence-electron chi connectivity index (χ3n) is 3.79. The Morgan fingerprint density at radius 1 is 1.45 bits per heavy atom. The second-order valence-corrected chi connectivity index (χ2v) is 7.11. The van der Waals surface area contributed by atoms with E-state index in [0.29, 0.717) is 17.5 Å². The van der Waals surface area contributed by atoms with Crippen molar-refractivity contribution in [2.24, 2.45) is 11.7 Å². The highest BCUT2D eigenvalue weighted by Gasteiger charge is 2.28. The summed E-state index contributed by atoms with van der Waals surface area (Å²) in [6, 6.07) is 7.82. The topological polar surface area (TPSA) is 55.1 Å². The largest absolute Gasteiger partial charge is 0.352 e. The third kappa shape index (κ3) is 4.14. The van der Waals surface area contributed by atoms with Gasteiger partial charge in [-0.1, -0.05) is 18.0 Å². The van der Waals surface area contributed by atoms with Crippen LogP contribution >= 0.6 is 23.4 Å². The molecule has 0 heterocycles. The van der Waals surface area contributed by atoms with Gasteiger partial charge in [0.05, 0.1) is 5.25 Å². The van der Waals surface area contributed by atoms with Crippen LogP contribution in [0.5, 0.6) is 0 Å². The Bertz CT molecular complexity index is 452. The van der Waals surface area contributed by atoms with Crippen molar-refractivity contribution in [1.29, 1.82) is 0 Å². The lowest BCUT2D eigenvalue weighted by molar-refractivity contribution is -0.121. The zero-order valence-electron chi connectivity index (χ0n) is 11.6. The number of hydrogen-bond donors (Lipinski definition) is 2. The monoisotopic (exact) mass is 312 g/mol. The number of benzene rings is 1. The van der Waals surface area contributed by atoms with Crippen LogP contribution in [0, 0.1) is 5.92 Å². The lowest BCUT2D eigenvalue weighted by atomic mass is 10.0. The average molecular weight is 313 g/mol. The molecule has 110 valence electrons. The lowest BCUT2D eigenvalue weighted by Gasteiger charge is -2.21. The maximum atomic E-state index is 12.2. The van der Waals surface area contributed by atoms with Crippen LogP contribution in [0.3, 0.4) is 0 Å². The summed E-state index contributed by atoms with van der Waals surface area (Å²) >= 11 is 7.41. The number of carbonyl (C=O) groups is 1. The zero-order valence-corrected chi connectivity index (χ0v) is 13.2. The molecule has 3 unspecified atom stereocenters. The number of thioether (sulfide) groups is 1. The Labute approximate surface area is 129 Å². The molecule has 20 heavy (non-hydrogen) atoms. The first-order valence-electron chi connectivity index (χ1n) is 7.03. The SMILES string of the molecule is CC(Sc1ccc(Cl)cc1)C(=O)NC1CCCC1CN. The van der Waals surface area contributed by atoms with Crippen molar-refractivity contribution in [1.82, 2.24) is 5.32 Å². The number of hydrogen-bond acceptors (Lipinski definition) is 3. The van der Waals surface area contributed by atoms with Gasteiger partial charge in [0.2, 0.25) is 5.91 Å². The van der Waals surface area contributed by atoms with Gasteiger partial charge in [-0.25, -0.2) is 0 Å². The summed E-state index contributed by atoms with van der Waals surface area (Å²) < 4.78 is 0. The van der Waals surface area contributed by atoms with E-state index in [1.165, 1.54) is 0 Å². The Hall–Kier alpha value is -0.710. The number of nitrogens with one attached hydrogen (secondary N) is 1. The minimum atomic E-state index is -0.116. The van der Waals surface area contributed by atoms with Gasteiger partial charge in [0, 0.05) is 16.0 Å². The smallest absolute Gasteiger partial charge is 0.233 e. The summed E-state index contributed by atoms with van der Waals surface area (Å²) in [7, 11) is 0. The first kappa shape index (κ1) is 15.7. The van der Waals surface area contributed by atoms with Crippen LogP contribution in [0.15, 0.2) is 29.2 Å². The van der Waals surface area contributed by atoms with E-state index in [9.17, 15) is 4.79 Å². The predicted molar refractivity (Wildman–Crippen MR) is 85.1 cm³/mol. The van der Waals surface area contributed by atoms with E-state index in [1.807, 2.05) is 31.2 Å². The number of halogens is 1. The summed E-state index contributed by atoms with van der Waals surface area (Å²) in [5.74, 6) is 0.530. The maximum absolute atomic E-state index is 12.2. The third-order valence-corrected chi connectivity index (χ3v) is 5.15. The van der Waals surface area contributed by atoms with E-state index in [1.54, 1.807) is 11.8 Å². The zero-order chi connectivity index (χ0) is 14.5. The molecule has 1 aliphatic carbocycles. The molecule has 1 aliphatic rings. The van der Waals surface area contributed by atoms with E-state index in [2.05, 4.69) is 5.32 Å². The van der Waals surface area contributed by atoms with Crippen LogP contribution in [0.25, 0.3) is 0 Å². The molecule has 2 rings (SSSR count). The van der Waals surface area contributed by atoms with Crippen molar-refractivity contribution < 1.29 is 4.79 Å². The molecular weight excluding hydrogens is 292 g/mol. The van der Waals surface area contributed by atoms with Crippen molar-refractivity contribution in [3.8, 4) is 0 Å². The summed E-state index contributed by atoms with van der Waals surface area (Å²) in [6.07, 6.45) is 3.33. The normalized spacial score (nSPS) is 23.6. The molecule has 1 aromatic rings. The number of carbonyl (C=O) groups excluding carboxylic acids is 1. The van der Waals surface area contributed by atoms with Crippen molar-refractivity contribution in [2.75, 3.05) is 6.54 Å². The first-order chi connectivity index (χ1) is 9.60. The molecule has 0 spiro atoms. The average Bonchev–Trinajstić information content (AvgIpc) is 2.88. The highest BCUT2D eigenvalue weighted by molar-refractivity contribution is 8.00. The number of rotatable bonds is 5. The van der Waals surface area contributed by atoms with E-state index >= 15 is 0 Å². The Kier molecular flexibility index (Phi) is 5.75. The molecule has 0 aliphatic heterocycles. The highest BCUT2D eigenvalue weighted by atomic mass is 35.5. The Balaban J connectivity index is 1.87. The number of amides is 1. The molecule has 1 saturated carbocycles. The fourth-order valence-corrected chi connectivity index (χ4v) is 3.58. The van der Waals surface area contributed by atoms with Gasteiger partial charge >= 0.3 is 0 Å². The van der Waals surface area contributed by atoms with Crippen molar-refractivity contribution in [3.05, 3.63) is 29.3 Å². The molecule has 0 radical (unpaired) electrons. The molecule has 1 fully saturated rings. The molecular formula is C15H21ClN2OS. The molecule has 0 aromatic heterocycles. The van der Waals surface area contributed by atoms with Gasteiger partial charge in [-0.2, -0.15) is 0 Å². The molecule has 5 heteroatoms. The van der Waals surface area contributed by atoms with Gasteiger partial charge in [0.1, 0.15) is 0 Å². The minimum absolute atomic E-state index is 0.0929. The summed E-state index contributed by atoms with van der Waals surface area (Å²) in [5, 5.41) is 3.74. The fraction of sp³-hybridized carbons (Fsp3) is 0.533. The fourth-order valence-electron chi connectivity index (χ4n) is 2.58. The molecule has 0 bridgehead atoms. The van der Waals surface area contributed by atoms with E-state index < -0.39 is 0 Å². The van der Waals surface area contributed by atoms with Crippen LogP contribution in [-0.2, 0) is 4.79 Å². The Morgan fingerprint density at radius 2 is 2.15 bits per heavy atom. The van der Waals surface area contributed by atoms with Gasteiger partial charge in [0.25, 0.3) is 0 Å². The van der Waals surface area contributed by atoms with Crippen molar-refractivity contribution in [2.45, 2.75) is 42.4 Å². The van der Waals surface area contributed by atoms with Crippen molar-refractivity contribution in [3.63, 3.8) is 0 Å². The van der Waals surface area contributed by atoms with Crippen molar-refractivity contribution >= 4 is 29.3 Å². The van der Waals surface area contributed by atoms with Gasteiger partial charge in [-0.3, -0.25) is 4.79 Å². The second kappa shape index (κ2) is 7.34. The molecule has 3 nitrogen and oxygen atoms in total. The van der Waals surface area contributed by atoms with E-state index in [0.717, 1.165) is 24.2 Å². The molecule has 1 amide bonds.